The quantitative estimate of drug-likeness (QED) is 0.500. The van der Waals surface area contributed by atoms with Crippen molar-refractivity contribution >= 4 is 45.0 Å². The molecule has 0 unspecified atom stereocenters. The molecular formula is C15H20N4O2S2. The lowest BCUT2D eigenvalue weighted by Gasteiger charge is -2.33. The number of fused-ring (bicyclic) bond motifs is 3. The topological polar surface area (TPSA) is 76.1 Å². The van der Waals surface area contributed by atoms with Gasteiger partial charge in [0.1, 0.15) is 4.83 Å². The first kappa shape index (κ1) is 16.5. The normalized spacial score (nSPS) is 20.3. The summed E-state index contributed by atoms with van der Waals surface area (Å²) in [6.45, 7) is 6.34. The van der Waals surface area contributed by atoms with Crippen LogP contribution in [0, 0.1) is 0 Å². The van der Waals surface area contributed by atoms with Gasteiger partial charge in [-0.1, -0.05) is 18.7 Å². The molecule has 23 heavy (non-hydrogen) atoms. The Kier molecular flexibility index (Phi) is 4.48. The van der Waals surface area contributed by atoms with E-state index in [1.54, 1.807) is 11.3 Å². The second kappa shape index (κ2) is 6.26. The monoisotopic (exact) mass is 352 g/mol. The first-order valence-electron chi connectivity index (χ1n) is 7.48. The van der Waals surface area contributed by atoms with Gasteiger partial charge in [0.05, 0.1) is 17.6 Å². The average molecular weight is 352 g/mol. The van der Waals surface area contributed by atoms with E-state index < -0.39 is 0 Å². The second-order valence-corrected chi connectivity index (χ2v) is 7.67. The van der Waals surface area contributed by atoms with Gasteiger partial charge < -0.3 is 4.74 Å². The zero-order chi connectivity index (χ0) is 16.6. The van der Waals surface area contributed by atoms with Gasteiger partial charge in [-0.2, -0.15) is 0 Å². The number of hydrogen-bond acceptors (Lipinski definition) is 7. The molecule has 0 saturated carbocycles. The second-order valence-electron chi connectivity index (χ2n) is 5.82. The minimum Gasteiger partial charge on any atom is -0.369 e. The van der Waals surface area contributed by atoms with E-state index in [2.05, 4.69) is 34.7 Å². The van der Waals surface area contributed by atoms with Crippen LogP contribution >= 0.6 is 23.1 Å². The molecule has 0 aromatic carbocycles. The minimum absolute atomic E-state index is 0.159. The van der Waals surface area contributed by atoms with E-state index in [9.17, 15) is 4.79 Å². The van der Waals surface area contributed by atoms with Crippen LogP contribution in [0.2, 0.25) is 0 Å². The number of hydrazine groups is 1. The molecule has 6 nitrogen and oxygen atoms in total. The van der Waals surface area contributed by atoms with Crippen LogP contribution in [0.15, 0.2) is 5.16 Å². The number of amides is 1. The van der Waals surface area contributed by atoms with Gasteiger partial charge in [-0.3, -0.25) is 15.6 Å². The van der Waals surface area contributed by atoms with Gasteiger partial charge >= 0.3 is 0 Å². The zero-order valence-corrected chi connectivity index (χ0v) is 15.3. The molecular weight excluding hydrogens is 332 g/mol. The Labute approximate surface area is 143 Å². The maximum absolute atomic E-state index is 11.2. The number of thioether (sulfide) groups is 1. The minimum atomic E-state index is -0.162. The van der Waals surface area contributed by atoms with Crippen LogP contribution in [-0.2, 0) is 22.6 Å². The molecule has 0 spiro atoms. The Morgan fingerprint density at radius 3 is 2.91 bits per heavy atom. The van der Waals surface area contributed by atoms with Crippen molar-refractivity contribution in [3.05, 3.63) is 10.4 Å². The molecule has 3 rings (SSSR count). The summed E-state index contributed by atoms with van der Waals surface area (Å²) in [6, 6.07) is 0. The number of thiophene rings is 1. The van der Waals surface area contributed by atoms with Crippen LogP contribution < -0.4 is 10.9 Å². The van der Waals surface area contributed by atoms with E-state index in [0.717, 1.165) is 23.1 Å². The number of aromatic nitrogens is 2. The van der Waals surface area contributed by atoms with Crippen molar-refractivity contribution in [2.75, 3.05) is 11.7 Å². The number of nitrogens with zero attached hydrogens (tertiary/aromatic N) is 2. The summed E-state index contributed by atoms with van der Waals surface area (Å²) < 4.78 is 6.03. The molecule has 1 amide bonds. The lowest BCUT2D eigenvalue weighted by atomic mass is 9.90. The molecule has 124 valence electrons. The van der Waals surface area contributed by atoms with Crippen LogP contribution in [0.5, 0.6) is 0 Å². The van der Waals surface area contributed by atoms with Crippen molar-refractivity contribution in [1.29, 1.82) is 0 Å². The van der Waals surface area contributed by atoms with Gasteiger partial charge in [-0.15, -0.1) is 11.3 Å². The summed E-state index contributed by atoms with van der Waals surface area (Å²) in [7, 11) is 0. The summed E-state index contributed by atoms with van der Waals surface area (Å²) in [4.78, 5) is 22.5. The van der Waals surface area contributed by atoms with Crippen LogP contribution in [-0.4, -0.2) is 27.7 Å². The van der Waals surface area contributed by atoms with Crippen molar-refractivity contribution < 1.29 is 9.53 Å². The first-order chi connectivity index (χ1) is 11.0. The average Bonchev–Trinajstić information content (AvgIpc) is 2.89. The SMILES string of the molecule is CC[C@]1(C)Cc2c(sc3nc(SC)nc(NNC(C)=O)c23)CO1. The fourth-order valence-corrected chi connectivity index (χ4v) is 4.13. The molecule has 0 saturated heterocycles. The maximum Gasteiger partial charge on any atom is 0.235 e. The molecule has 0 bridgehead atoms. The van der Waals surface area contributed by atoms with E-state index in [0.29, 0.717) is 17.6 Å². The van der Waals surface area contributed by atoms with Crippen molar-refractivity contribution in [3.8, 4) is 0 Å². The van der Waals surface area contributed by atoms with Crippen LogP contribution in [0.3, 0.4) is 0 Å². The van der Waals surface area contributed by atoms with Gasteiger partial charge in [-0.25, -0.2) is 9.97 Å². The molecule has 3 heterocycles. The Morgan fingerprint density at radius 2 is 2.26 bits per heavy atom. The van der Waals surface area contributed by atoms with E-state index in [1.807, 2.05) is 6.26 Å². The van der Waals surface area contributed by atoms with E-state index >= 15 is 0 Å². The number of anilines is 1. The fourth-order valence-electron chi connectivity index (χ4n) is 2.61. The van der Waals surface area contributed by atoms with Gasteiger partial charge in [0, 0.05) is 18.2 Å². The Balaban J connectivity index is 2.12. The third-order valence-electron chi connectivity index (χ3n) is 4.10. The Bertz CT molecular complexity index is 762. The Hall–Kier alpha value is -1.38. The zero-order valence-electron chi connectivity index (χ0n) is 13.6. The highest BCUT2D eigenvalue weighted by molar-refractivity contribution is 7.98. The Morgan fingerprint density at radius 1 is 1.48 bits per heavy atom. The van der Waals surface area contributed by atoms with Crippen molar-refractivity contribution in [3.63, 3.8) is 0 Å². The standard InChI is InChI=1S/C15H20N4O2S2/c1-5-15(3)6-9-10(7-21-15)23-13-11(9)12(19-18-8(2)20)16-14(17-13)22-4/h5-7H2,1-4H3,(H,18,20)(H,16,17,19)/t15-/m1/s1. The first-order valence-corrected chi connectivity index (χ1v) is 9.52. The van der Waals surface area contributed by atoms with Crippen molar-refractivity contribution in [2.24, 2.45) is 0 Å². The lowest BCUT2D eigenvalue weighted by molar-refractivity contribution is -0.118. The van der Waals surface area contributed by atoms with Gasteiger partial charge in [0.25, 0.3) is 0 Å². The molecule has 1 aliphatic rings. The number of nitrogens with one attached hydrogen (secondary N) is 2. The molecule has 0 aliphatic carbocycles. The van der Waals surface area contributed by atoms with Crippen molar-refractivity contribution in [1.82, 2.24) is 15.4 Å². The van der Waals surface area contributed by atoms with Gasteiger partial charge in [-0.05, 0) is 25.2 Å². The highest BCUT2D eigenvalue weighted by atomic mass is 32.2. The molecule has 2 aromatic rings. The van der Waals surface area contributed by atoms with Crippen LogP contribution in [0.4, 0.5) is 5.82 Å². The molecule has 1 aliphatic heterocycles. The van der Waals surface area contributed by atoms with E-state index in [4.69, 9.17) is 4.74 Å². The van der Waals surface area contributed by atoms with Crippen LogP contribution in [0.25, 0.3) is 10.2 Å². The fraction of sp³-hybridized carbons (Fsp3) is 0.533. The van der Waals surface area contributed by atoms with Gasteiger partial charge in [0.2, 0.25) is 5.91 Å². The van der Waals surface area contributed by atoms with Gasteiger partial charge in [0.15, 0.2) is 11.0 Å². The molecule has 0 fully saturated rings. The lowest BCUT2D eigenvalue weighted by Crippen LogP contribution is -2.34. The number of carbonyl (C=O) groups is 1. The third-order valence-corrected chi connectivity index (χ3v) is 5.75. The number of carbonyl (C=O) groups excluding carboxylic acids is 1. The number of hydrogen-bond donors (Lipinski definition) is 2. The summed E-state index contributed by atoms with van der Waals surface area (Å²) in [5.41, 5.74) is 6.64. The molecule has 2 N–H and O–H groups in total. The van der Waals surface area contributed by atoms with Crippen LogP contribution in [0.1, 0.15) is 37.6 Å². The largest absolute Gasteiger partial charge is 0.369 e. The summed E-state index contributed by atoms with van der Waals surface area (Å²) >= 11 is 3.13. The predicted octanol–water partition coefficient (Wildman–Crippen LogP) is 3.12. The molecule has 0 radical (unpaired) electrons. The third kappa shape index (κ3) is 3.15. The number of rotatable bonds is 4. The van der Waals surface area contributed by atoms with E-state index in [-0.39, 0.29) is 11.5 Å². The highest BCUT2D eigenvalue weighted by Gasteiger charge is 2.33. The summed E-state index contributed by atoms with van der Waals surface area (Å²) in [5.74, 6) is 0.501. The number of ether oxygens (including phenoxy) is 1. The molecule has 1 atom stereocenters. The maximum atomic E-state index is 11.2. The molecule has 2 aromatic heterocycles. The van der Waals surface area contributed by atoms with E-state index in [1.165, 1.54) is 29.1 Å². The summed E-state index contributed by atoms with van der Waals surface area (Å²) in [6.07, 6.45) is 3.71. The smallest absolute Gasteiger partial charge is 0.235 e. The molecule has 8 heteroatoms. The highest BCUT2D eigenvalue weighted by Crippen LogP contribution is 2.42. The predicted molar refractivity (Wildman–Crippen MR) is 93.8 cm³/mol. The summed E-state index contributed by atoms with van der Waals surface area (Å²) in [5, 5.41) is 1.68. The van der Waals surface area contributed by atoms with Crippen molar-refractivity contribution in [2.45, 2.75) is 51.0 Å².